The number of aliphatic carboxylic acids is 1. The minimum absolute atomic E-state index is 0. The minimum Gasteiger partial charge on any atom is -0.478 e. The highest BCUT2D eigenvalue weighted by Crippen LogP contribution is 1.82. The van der Waals surface area contributed by atoms with Crippen LogP contribution in [0.1, 0.15) is 20.3 Å². The van der Waals surface area contributed by atoms with Crippen LogP contribution in [0, 0.1) is 0 Å². The van der Waals surface area contributed by atoms with Gasteiger partial charge in [-0.05, 0) is 13.3 Å². The van der Waals surface area contributed by atoms with Crippen molar-refractivity contribution in [3.05, 3.63) is 24.8 Å². The van der Waals surface area contributed by atoms with Crippen molar-refractivity contribution in [2.45, 2.75) is 20.3 Å². The van der Waals surface area contributed by atoms with Gasteiger partial charge >= 0.3 is 5.97 Å². The second-order valence-corrected chi connectivity index (χ2v) is 2.70. The maximum absolute atomic E-state index is 10.7. The Morgan fingerprint density at radius 2 is 1.88 bits per heavy atom. The fourth-order valence-electron chi connectivity index (χ4n) is 0.374. The fourth-order valence-corrected chi connectivity index (χ4v) is 0.374. The highest BCUT2D eigenvalue weighted by Gasteiger charge is 1.97. The molecular weight excluding hydrogens is 232 g/mol. The number of rotatable bonds is 5. The van der Waals surface area contributed by atoms with E-state index in [1.807, 2.05) is 6.92 Å². The van der Waals surface area contributed by atoms with Gasteiger partial charge < -0.3 is 5.11 Å². The summed E-state index contributed by atoms with van der Waals surface area (Å²) >= 11 is 0. The number of carboxylic acids is 1. The summed E-state index contributed by atoms with van der Waals surface area (Å²) in [7, 11) is 0. The topological polar surface area (TPSA) is 78.4 Å². The first-order chi connectivity index (χ1) is 6.95. The standard InChI is InChI=1S/C7H14N2O.C3H4O2.ClH/c1-4-5-8-9-7(10)6(2)3;1-2-3(4)5;/h8H,2,4-5H2,1,3H3,(H,9,10);2H,1H2,(H,4,5);1H. The number of hydrogen-bond acceptors (Lipinski definition) is 3. The van der Waals surface area contributed by atoms with Gasteiger partial charge in [0.25, 0.3) is 5.91 Å². The number of halogens is 1. The van der Waals surface area contributed by atoms with Gasteiger partial charge in [-0.15, -0.1) is 12.4 Å². The Kier molecular flexibility index (Phi) is 17.2. The van der Waals surface area contributed by atoms with E-state index in [1.165, 1.54) is 0 Å². The molecule has 0 heterocycles. The number of hydrogen-bond donors (Lipinski definition) is 3. The monoisotopic (exact) mass is 250 g/mol. The fraction of sp³-hybridized carbons (Fsp3) is 0.400. The zero-order chi connectivity index (χ0) is 12.3. The summed E-state index contributed by atoms with van der Waals surface area (Å²) in [6.45, 7) is 10.9. The van der Waals surface area contributed by atoms with Crippen molar-refractivity contribution in [3.8, 4) is 0 Å². The van der Waals surface area contributed by atoms with Crippen LogP contribution in [0.5, 0.6) is 0 Å². The quantitative estimate of drug-likeness (QED) is 0.390. The second kappa shape index (κ2) is 13.7. The molecule has 0 radical (unpaired) electrons. The van der Waals surface area contributed by atoms with E-state index in [0.29, 0.717) is 5.57 Å². The molecule has 16 heavy (non-hydrogen) atoms. The number of nitrogens with one attached hydrogen (secondary N) is 2. The summed E-state index contributed by atoms with van der Waals surface area (Å²) in [5, 5.41) is 7.60. The largest absolute Gasteiger partial charge is 0.478 e. The molecule has 0 aromatic heterocycles. The molecule has 0 aromatic carbocycles. The van der Waals surface area contributed by atoms with Gasteiger partial charge in [-0.3, -0.25) is 10.2 Å². The predicted octanol–water partition coefficient (Wildman–Crippen LogP) is 1.27. The average molecular weight is 251 g/mol. The maximum Gasteiger partial charge on any atom is 0.327 e. The van der Waals surface area contributed by atoms with Crippen molar-refractivity contribution in [2.75, 3.05) is 6.54 Å². The van der Waals surface area contributed by atoms with E-state index in [9.17, 15) is 9.59 Å². The van der Waals surface area contributed by atoms with E-state index >= 15 is 0 Å². The second-order valence-electron chi connectivity index (χ2n) is 2.70. The third kappa shape index (κ3) is 18.5. The summed E-state index contributed by atoms with van der Waals surface area (Å²) in [6.07, 6.45) is 1.83. The lowest BCUT2D eigenvalue weighted by atomic mass is 10.3. The molecule has 0 spiro atoms. The maximum atomic E-state index is 10.7. The molecule has 3 N–H and O–H groups in total. The highest BCUT2D eigenvalue weighted by molar-refractivity contribution is 5.91. The molecule has 94 valence electrons. The molecule has 0 aliphatic heterocycles. The van der Waals surface area contributed by atoms with Gasteiger partial charge in [0.2, 0.25) is 0 Å². The summed E-state index contributed by atoms with van der Waals surface area (Å²) in [6, 6.07) is 0. The van der Waals surface area contributed by atoms with Crippen LogP contribution in [0.2, 0.25) is 0 Å². The number of hydrazine groups is 1. The van der Waals surface area contributed by atoms with Crippen LogP contribution in [0.3, 0.4) is 0 Å². The van der Waals surface area contributed by atoms with Crippen LogP contribution >= 0.6 is 12.4 Å². The highest BCUT2D eigenvalue weighted by atomic mass is 35.5. The van der Waals surface area contributed by atoms with Crippen molar-refractivity contribution in [1.82, 2.24) is 10.9 Å². The summed E-state index contributed by atoms with van der Waals surface area (Å²) < 4.78 is 0. The van der Waals surface area contributed by atoms with Crippen molar-refractivity contribution < 1.29 is 14.7 Å². The zero-order valence-corrected chi connectivity index (χ0v) is 10.4. The summed E-state index contributed by atoms with van der Waals surface area (Å²) in [5.41, 5.74) is 5.77. The first-order valence-corrected chi connectivity index (χ1v) is 4.49. The first-order valence-electron chi connectivity index (χ1n) is 4.49. The van der Waals surface area contributed by atoms with E-state index in [-0.39, 0.29) is 18.3 Å². The van der Waals surface area contributed by atoms with Crippen molar-refractivity contribution in [1.29, 1.82) is 0 Å². The van der Waals surface area contributed by atoms with Gasteiger partial charge in [0, 0.05) is 18.2 Å². The Balaban J connectivity index is -0.000000242. The van der Waals surface area contributed by atoms with Crippen LogP contribution in [-0.2, 0) is 9.59 Å². The van der Waals surface area contributed by atoms with Gasteiger partial charge in [0.1, 0.15) is 0 Å². The van der Waals surface area contributed by atoms with Crippen molar-refractivity contribution >= 4 is 24.3 Å². The van der Waals surface area contributed by atoms with Gasteiger partial charge in [-0.2, -0.15) is 0 Å². The van der Waals surface area contributed by atoms with Crippen LogP contribution in [0.15, 0.2) is 24.8 Å². The zero-order valence-electron chi connectivity index (χ0n) is 9.58. The van der Waals surface area contributed by atoms with Gasteiger partial charge in [0.05, 0.1) is 0 Å². The molecule has 6 heteroatoms. The Morgan fingerprint density at radius 3 is 2.12 bits per heavy atom. The molecule has 0 bridgehead atoms. The molecule has 0 aromatic rings. The molecule has 0 aliphatic rings. The molecule has 0 unspecified atom stereocenters. The normalized spacial score (nSPS) is 7.62. The molecule has 5 nitrogen and oxygen atoms in total. The van der Waals surface area contributed by atoms with Gasteiger partial charge in [0.15, 0.2) is 0 Å². The molecule has 0 atom stereocenters. The molecule has 0 saturated carbocycles. The van der Waals surface area contributed by atoms with Gasteiger partial charge in [-0.1, -0.05) is 20.1 Å². The van der Waals surface area contributed by atoms with E-state index < -0.39 is 5.97 Å². The SMILES string of the molecule is C=C(C)C(=O)NNCCC.C=CC(=O)O.Cl. The van der Waals surface area contributed by atoms with Crippen molar-refractivity contribution in [2.24, 2.45) is 0 Å². The molecule has 0 fully saturated rings. The molecular formula is C10H19ClN2O3. The van der Waals surface area contributed by atoms with E-state index in [4.69, 9.17) is 5.11 Å². The Morgan fingerprint density at radius 1 is 1.44 bits per heavy atom. The Bertz CT molecular complexity index is 242. The Labute approximate surface area is 102 Å². The number of carboxylic acid groups (broad SMARTS) is 1. The minimum atomic E-state index is -0.981. The van der Waals surface area contributed by atoms with E-state index in [0.717, 1.165) is 19.0 Å². The molecule has 0 saturated heterocycles. The van der Waals surface area contributed by atoms with Crippen LogP contribution < -0.4 is 10.9 Å². The third-order valence-corrected chi connectivity index (χ3v) is 1.14. The lowest BCUT2D eigenvalue weighted by molar-refractivity contribution is -0.131. The predicted molar refractivity (Wildman–Crippen MR) is 66.3 cm³/mol. The van der Waals surface area contributed by atoms with E-state index in [2.05, 4.69) is 24.0 Å². The van der Waals surface area contributed by atoms with E-state index in [1.54, 1.807) is 6.92 Å². The third-order valence-electron chi connectivity index (χ3n) is 1.14. The molecule has 0 rings (SSSR count). The van der Waals surface area contributed by atoms with Crippen molar-refractivity contribution in [3.63, 3.8) is 0 Å². The van der Waals surface area contributed by atoms with Crippen LogP contribution in [0.25, 0.3) is 0 Å². The van der Waals surface area contributed by atoms with Crippen LogP contribution in [-0.4, -0.2) is 23.5 Å². The van der Waals surface area contributed by atoms with Gasteiger partial charge in [-0.25, -0.2) is 10.2 Å². The average Bonchev–Trinajstić information content (AvgIpc) is 2.18. The molecule has 0 aliphatic carbocycles. The number of carbonyl (C=O) groups is 2. The number of amides is 1. The summed E-state index contributed by atoms with van der Waals surface area (Å²) in [5.74, 6) is -1.13. The number of carbonyl (C=O) groups excluding carboxylic acids is 1. The lowest BCUT2D eigenvalue weighted by Crippen LogP contribution is -2.37. The summed E-state index contributed by atoms with van der Waals surface area (Å²) in [4.78, 5) is 20.0. The smallest absolute Gasteiger partial charge is 0.327 e. The Hall–Kier alpha value is -1.33. The lowest BCUT2D eigenvalue weighted by Gasteiger charge is -2.03. The van der Waals surface area contributed by atoms with Crippen LogP contribution in [0.4, 0.5) is 0 Å². The first kappa shape index (κ1) is 20.1. The molecule has 1 amide bonds.